The summed E-state index contributed by atoms with van der Waals surface area (Å²) in [5, 5.41) is 12.4. The smallest absolute Gasteiger partial charge is 0.178 e. The molecule has 0 aliphatic carbocycles. The molecule has 2 aromatic rings. The Bertz CT molecular complexity index is 663. The highest BCUT2D eigenvalue weighted by molar-refractivity contribution is 7.10. The van der Waals surface area contributed by atoms with Gasteiger partial charge < -0.3 is 10.1 Å². The number of nitrogens with one attached hydrogen (secondary N) is 1. The van der Waals surface area contributed by atoms with E-state index in [2.05, 4.69) is 9.88 Å². The fraction of sp³-hybridized carbons (Fsp3) is 0.500. The predicted molar refractivity (Wildman–Crippen MR) is 93.1 cm³/mol. The van der Waals surface area contributed by atoms with Gasteiger partial charge in [-0.1, -0.05) is 6.07 Å². The summed E-state index contributed by atoms with van der Waals surface area (Å²) < 4.78 is 0. The molecule has 1 aliphatic rings. The molecule has 2 aromatic heterocycles. The molecular formula is C18H24N2O2S. The van der Waals surface area contributed by atoms with Crippen LogP contribution in [0.5, 0.6) is 0 Å². The molecule has 3 heterocycles. The summed E-state index contributed by atoms with van der Waals surface area (Å²) in [6, 6.07) is 6.17. The zero-order valence-electron chi connectivity index (χ0n) is 13.7. The Labute approximate surface area is 141 Å². The van der Waals surface area contributed by atoms with Gasteiger partial charge in [-0.05, 0) is 57.2 Å². The van der Waals surface area contributed by atoms with Crippen molar-refractivity contribution in [1.82, 2.24) is 9.88 Å². The second-order valence-corrected chi connectivity index (χ2v) is 7.43. The van der Waals surface area contributed by atoms with Crippen LogP contribution >= 0.6 is 11.3 Å². The number of Topliss-reactive ketones (excluding diaryl/α,β-unsaturated/α-hetero) is 1. The maximum atomic E-state index is 12.6. The van der Waals surface area contributed by atoms with Crippen molar-refractivity contribution in [3.8, 4) is 0 Å². The summed E-state index contributed by atoms with van der Waals surface area (Å²) >= 11 is 1.59. The summed E-state index contributed by atoms with van der Waals surface area (Å²) in [6.45, 7) is 5.30. The number of carbonyl (C=O) groups is 1. The molecule has 5 heteroatoms. The molecule has 124 valence electrons. The van der Waals surface area contributed by atoms with E-state index in [9.17, 15) is 9.90 Å². The van der Waals surface area contributed by atoms with Gasteiger partial charge >= 0.3 is 0 Å². The lowest BCUT2D eigenvalue weighted by molar-refractivity contribution is 0.0867. The Morgan fingerprint density at radius 3 is 3.00 bits per heavy atom. The summed E-state index contributed by atoms with van der Waals surface area (Å²) in [4.78, 5) is 19.0. The average Bonchev–Trinajstić information content (AvgIpc) is 3.21. The molecule has 0 bridgehead atoms. The first-order valence-electron chi connectivity index (χ1n) is 8.19. The highest BCUT2D eigenvalue weighted by Gasteiger charge is 2.29. The summed E-state index contributed by atoms with van der Waals surface area (Å²) in [6.07, 6.45) is 2.44. The van der Waals surface area contributed by atoms with E-state index in [-0.39, 0.29) is 11.8 Å². The third kappa shape index (κ3) is 3.74. The molecule has 0 amide bonds. The zero-order chi connectivity index (χ0) is 16.4. The predicted octanol–water partition coefficient (Wildman–Crippen LogP) is 3.46. The fourth-order valence-corrected chi connectivity index (χ4v) is 4.23. The van der Waals surface area contributed by atoms with Crippen LogP contribution in [0, 0.1) is 13.8 Å². The maximum Gasteiger partial charge on any atom is 0.178 e. The molecule has 1 saturated heterocycles. The number of aliphatic hydroxyl groups excluding tert-OH is 1. The number of ketones is 1. The van der Waals surface area contributed by atoms with E-state index in [0.29, 0.717) is 13.0 Å². The van der Waals surface area contributed by atoms with Gasteiger partial charge in [0.25, 0.3) is 0 Å². The molecule has 1 fully saturated rings. The number of rotatable bonds is 6. The van der Waals surface area contributed by atoms with Crippen molar-refractivity contribution in [3.63, 3.8) is 0 Å². The van der Waals surface area contributed by atoms with Crippen molar-refractivity contribution >= 4 is 17.1 Å². The minimum atomic E-state index is -0.424. The first kappa shape index (κ1) is 16.4. The Morgan fingerprint density at radius 1 is 1.52 bits per heavy atom. The van der Waals surface area contributed by atoms with Crippen LogP contribution in [-0.2, 0) is 0 Å². The van der Waals surface area contributed by atoms with Gasteiger partial charge in [0.05, 0.1) is 12.6 Å². The Balaban J connectivity index is 1.62. The molecule has 0 aromatic carbocycles. The van der Waals surface area contributed by atoms with Gasteiger partial charge in [0.2, 0.25) is 0 Å². The van der Waals surface area contributed by atoms with Crippen LogP contribution in [0.2, 0.25) is 0 Å². The van der Waals surface area contributed by atoms with Crippen molar-refractivity contribution in [1.29, 1.82) is 0 Å². The Hall–Kier alpha value is -1.43. The monoisotopic (exact) mass is 332 g/mol. The third-order valence-corrected chi connectivity index (χ3v) is 5.64. The molecule has 0 radical (unpaired) electrons. The number of aromatic nitrogens is 1. The molecular weight excluding hydrogens is 308 g/mol. The van der Waals surface area contributed by atoms with Crippen molar-refractivity contribution in [2.75, 3.05) is 13.1 Å². The normalized spacial score (nSPS) is 20.0. The molecule has 2 N–H and O–H groups in total. The zero-order valence-corrected chi connectivity index (χ0v) is 14.5. The van der Waals surface area contributed by atoms with E-state index in [1.54, 1.807) is 11.3 Å². The van der Waals surface area contributed by atoms with Crippen LogP contribution < -0.4 is 0 Å². The van der Waals surface area contributed by atoms with Gasteiger partial charge in [-0.2, -0.15) is 0 Å². The molecule has 0 saturated carbocycles. The summed E-state index contributed by atoms with van der Waals surface area (Å²) in [5.74, 6) is 0.171. The van der Waals surface area contributed by atoms with E-state index in [4.69, 9.17) is 0 Å². The van der Waals surface area contributed by atoms with E-state index in [1.807, 2.05) is 37.4 Å². The minimum absolute atomic E-state index is 0.171. The fourth-order valence-electron chi connectivity index (χ4n) is 3.51. The molecule has 4 nitrogen and oxygen atoms in total. The van der Waals surface area contributed by atoms with E-state index >= 15 is 0 Å². The lowest BCUT2D eigenvalue weighted by atomic mass is 10.0. The van der Waals surface area contributed by atoms with Crippen LogP contribution in [0.3, 0.4) is 0 Å². The highest BCUT2D eigenvalue weighted by atomic mass is 32.1. The molecule has 2 unspecified atom stereocenters. The molecule has 2 atom stereocenters. The molecule has 3 rings (SSSR count). The van der Waals surface area contributed by atoms with E-state index in [1.165, 1.54) is 0 Å². The number of carbonyl (C=O) groups excluding carboxylic acids is 1. The van der Waals surface area contributed by atoms with Crippen molar-refractivity contribution in [3.05, 3.63) is 45.4 Å². The highest BCUT2D eigenvalue weighted by Crippen LogP contribution is 2.29. The van der Waals surface area contributed by atoms with Gasteiger partial charge in [0, 0.05) is 27.9 Å². The van der Waals surface area contributed by atoms with Crippen LogP contribution in [0.1, 0.15) is 52.0 Å². The second-order valence-electron chi connectivity index (χ2n) is 6.45. The van der Waals surface area contributed by atoms with Gasteiger partial charge in [-0.15, -0.1) is 11.3 Å². The summed E-state index contributed by atoms with van der Waals surface area (Å²) in [5.41, 5.74) is 2.77. The lowest BCUT2D eigenvalue weighted by Gasteiger charge is -2.25. The summed E-state index contributed by atoms with van der Waals surface area (Å²) in [7, 11) is 0. The third-order valence-electron chi connectivity index (χ3n) is 4.66. The standard InChI is InChI=1S/C18H24N2O2S/c1-12-9-15(13(2)19-12)17(22)11-20-7-3-5-14(20)10-16(21)18-6-4-8-23-18/h4,6,8-9,14,16,19,21H,3,5,7,10-11H2,1-2H3. The number of nitrogens with zero attached hydrogens (tertiary/aromatic N) is 1. The van der Waals surface area contributed by atoms with Crippen LogP contribution in [0.25, 0.3) is 0 Å². The molecule has 1 aliphatic heterocycles. The number of hydrogen-bond acceptors (Lipinski definition) is 4. The molecule has 23 heavy (non-hydrogen) atoms. The van der Waals surface area contributed by atoms with Crippen molar-refractivity contribution in [2.24, 2.45) is 0 Å². The number of aryl methyl sites for hydroxylation is 2. The first-order chi connectivity index (χ1) is 11.0. The number of aromatic amines is 1. The van der Waals surface area contributed by atoms with Crippen LogP contribution in [-0.4, -0.2) is 39.9 Å². The van der Waals surface area contributed by atoms with Gasteiger partial charge in [0.15, 0.2) is 5.78 Å². The quantitative estimate of drug-likeness (QED) is 0.797. The van der Waals surface area contributed by atoms with Crippen molar-refractivity contribution in [2.45, 2.75) is 45.3 Å². The van der Waals surface area contributed by atoms with Gasteiger partial charge in [-0.3, -0.25) is 9.69 Å². The number of H-pyrrole nitrogens is 1. The lowest BCUT2D eigenvalue weighted by Crippen LogP contribution is -2.35. The van der Waals surface area contributed by atoms with Gasteiger partial charge in [0.1, 0.15) is 0 Å². The average molecular weight is 332 g/mol. The Morgan fingerprint density at radius 2 is 2.35 bits per heavy atom. The first-order valence-corrected chi connectivity index (χ1v) is 9.07. The number of thiophene rings is 1. The topological polar surface area (TPSA) is 56.3 Å². The maximum absolute atomic E-state index is 12.6. The van der Waals surface area contributed by atoms with Gasteiger partial charge in [-0.25, -0.2) is 0 Å². The van der Waals surface area contributed by atoms with E-state index < -0.39 is 6.10 Å². The SMILES string of the molecule is Cc1cc(C(=O)CN2CCCC2CC(O)c2cccs2)c(C)[nH]1. The minimum Gasteiger partial charge on any atom is -0.388 e. The van der Waals surface area contributed by atoms with Crippen LogP contribution in [0.4, 0.5) is 0 Å². The van der Waals surface area contributed by atoms with Crippen LogP contribution in [0.15, 0.2) is 23.6 Å². The second kappa shape index (κ2) is 6.99. The van der Waals surface area contributed by atoms with E-state index in [0.717, 1.165) is 41.2 Å². The van der Waals surface area contributed by atoms with Crippen molar-refractivity contribution < 1.29 is 9.90 Å². The molecule has 0 spiro atoms. The number of likely N-dealkylation sites (tertiary alicyclic amines) is 1. The largest absolute Gasteiger partial charge is 0.388 e. The number of hydrogen-bond donors (Lipinski definition) is 2. The Kier molecular flexibility index (Phi) is 4.99. The number of aliphatic hydroxyl groups is 1.